The molecule has 4 nitrogen and oxygen atoms in total. The third-order valence-electron chi connectivity index (χ3n) is 3.79. The molecule has 0 aliphatic heterocycles. The molecule has 3 rings (SSSR count). The van der Waals surface area contributed by atoms with Crippen LogP contribution in [0.4, 0.5) is 4.39 Å². The van der Waals surface area contributed by atoms with Crippen LogP contribution >= 0.6 is 0 Å². The molecule has 0 saturated heterocycles. The van der Waals surface area contributed by atoms with E-state index in [0.717, 1.165) is 11.1 Å². The smallest absolute Gasteiger partial charge is 0.244 e. The number of amides is 1. The molecular formula is C22H19FN2O2. The normalized spacial score (nSPS) is 10.7. The fourth-order valence-corrected chi connectivity index (χ4v) is 2.48. The largest absolute Gasteiger partial charge is 0.453 e. The maximum absolute atomic E-state index is 14.2. The second kappa shape index (κ2) is 8.76. The van der Waals surface area contributed by atoms with Crippen LogP contribution in [0.3, 0.4) is 0 Å². The molecule has 1 aromatic heterocycles. The molecule has 5 heteroatoms. The highest BCUT2D eigenvalue weighted by atomic mass is 19.1. The molecule has 0 aliphatic rings. The van der Waals surface area contributed by atoms with E-state index in [4.69, 9.17) is 4.74 Å². The first-order chi connectivity index (χ1) is 13.1. The molecule has 0 saturated carbocycles. The van der Waals surface area contributed by atoms with Crippen molar-refractivity contribution in [1.82, 2.24) is 10.3 Å². The van der Waals surface area contributed by atoms with Gasteiger partial charge in [-0.25, -0.2) is 4.39 Å². The Morgan fingerprint density at radius 1 is 1.19 bits per heavy atom. The number of carbonyl (C=O) groups is 1. The molecule has 0 spiro atoms. The summed E-state index contributed by atoms with van der Waals surface area (Å²) in [4.78, 5) is 15.9. The molecule has 0 fully saturated rings. The van der Waals surface area contributed by atoms with Gasteiger partial charge in [-0.15, -0.1) is 0 Å². The average molecular weight is 362 g/mol. The first-order valence-corrected chi connectivity index (χ1v) is 8.49. The van der Waals surface area contributed by atoms with Crippen LogP contribution < -0.4 is 10.1 Å². The van der Waals surface area contributed by atoms with Crippen molar-refractivity contribution in [3.05, 3.63) is 95.6 Å². The molecule has 1 N–H and O–H groups in total. The van der Waals surface area contributed by atoms with Crippen molar-refractivity contribution < 1.29 is 13.9 Å². The molecule has 0 radical (unpaired) electrons. The zero-order chi connectivity index (χ0) is 19.1. The summed E-state index contributed by atoms with van der Waals surface area (Å²) in [5.74, 6) is -0.201. The van der Waals surface area contributed by atoms with Gasteiger partial charge in [0.05, 0.1) is 6.20 Å². The summed E-state index contributed by atoms with van der Waals surface area (Å²) in [5, 5.41) is 2.80. The highest BCUT2D eigenvalue weighted by Crippen LogP contribution is 2.24. The van der Waals surface area contributed by atoms with Crippen LogP contribution in [0.1, 0.15) is 16.7 Å². The maximum atomic E-state index is 14.2. The minimum absolute atomic E-state index is 0.101. The van der Waals surface area contributed by atoms with Gasteiger partial charge < -0.3 is 10.1 Å². The molecule has 1 amide bonds. The number of ether oxygens (including phenoxy) is 1. The van der Waals surface area contributed by atoms with Gasteiger partial charge in [0, 0.05) is 18.8 Å². The summed E-state index contributed by atoms with van der Waals surface area (Å²) < 4.78 is 19.6. The van der Waals surface area contributed by atoms with Gasteiger partial charge in [-0.2, -0.15) is 0 Å². The summed E-state index contributed by atoms with van der Waals surface area (Å²) in [7, 11) is 0. The molecule has 0 aliphatic carbocycles. The van der Waals surface area contributed by atoms with Crippen LogP contribution in [-0.2, 0) is 11.3 Å². The number of nitrogens with one attached hydrogen (secondary N) is 1. The topological polar surface area (TPSA) is 51.2 Å². The number of hydrogen-bond donors (Lipinski definition) is 1. The van der Waals surface area contributed by atoms with Crippen molar-refractivity contribution in [3.8, 4) is 11.5 Å². The van der Waals surface area contributed by atoms with Crippen LogP contribution in [0.5, 0.6) is 11.5 Å². The lowest BCUT2D eigenvalue weighted by molar-refractivity contribution is -0.116. The minimum Gasteiger partial charge on any atom is -0.453 e. The summed E-state index contributed by atoms with van der Waals surface area (Å²) in [6.45, 7) is 2.44. The van der Waals surface area contributed by atoms with Crippen LogP contribution in [0.15, 0.2) is 73.1 Å². The first-order valence-electron chi connectivity index (χ1n) is 8.49. The van der Waals surface area contributed by atoms with Gasteiger partial charge in [-0.1, -0.05) is 35.9 Å². The monoisotopic (exact) mass is 362 g/mol. The van der Waals surface area contributed by atoms with E-state index in [1.807, 2.05) is 31.2 Å². The van der Waals surface area contributed by atoms with E-state index in [1.54, 1.807) is 30.5 Å². The molecule has 1 heterocycles. The van der Waals surface area contributed by atoms with E-state index >= 15 is 0 Å². The molecular weight excluding hydrogens is 343 g/mol. The maximum Gasteiger partial charge on any atom is 0.244 e. The van der Waals surface area contributed by atoms with Crippen molar-refractivity contribution in [1.29, 1.82) is 0 Å². The number of carbonyl (C=O) groups excluding carboxylic acids is 1. The summed E-state index contributed by atoms with van der Waals surface area (Å²) in [5.41, 5.74) is 2.73. The van der Waals surface area contributed by atoms with E-state index in [1.165, 1.54) is 24.4 Å². The molecule has 27 heavy (non-hydrogen) atoms. The van der Waals surface area contributed by atoms with Gasteiger partial charge in [0.1, 0.15) is 5.75 Å². The Labute approximate surface area is 157 Å². The number of nitrogens with zero attached hydrogens (tertiary/aromatic N) is 1. The lowest BCUT2D eigenvalue weighted by Crippen LogP contribution is -2.20. The highest BCUT2D eigenvalue weighted by molar-refractivity contribution is 5.91. The zero-order valence-electron chi connectivity index (χ0n) is 14.9. The number of halogens is 1. The van der Waals surface area contributed by atoms with Gasteiger partial charge >= 0.3 is 0 Å². The predicted molar refractivity (Wildman–Crippen MR) is 103 cm³/mol. The first kappa shape index (κ1) is 18.3. The fraction of sp³-hybridized carbons (Fsp3) is 0.0909. The Hall–Kier alpha value is -3.47. The van der Waals surface area contributed by atoms with Crippen molar-refractivity contribution in [3.63, 3.8) is 0 Å². The lowest BCUT2D eigenvalue weighted by Gasteiger charge is -2.06. The van der Waals surface area contributed by atoms with E-state index in [2.05, 4.69) is 10.3 Å². The van der Waals surface area contributed by atoms with Crippen LogP contribution in [0.25, 0.3) is 6.08 Å². The van der Waals surface area contributed by atoms with Gasteiger partial charge in [0.2, 0.25) is 5.91 Å². The molecule has 0 bridgehead atoms. The SMILES string of the molecule is Cc1cccc(CNC(=O)/C=C/c2ccc(Oc3cccnc3)c(F)c2)c1. The molecule has 136 valence electrons. The van der Waals surface area contributed by atoms with Gasteiger partial charge in [-0.05, 0) is 48.4 Å². The summed E-state index contributed by atoms with van der Waals surface area (Å²) >= 11 is 0. The highest BCUT2D eigenvalue weighted by Gasteiger charge is 2.05. The van der Waals surface area contributed by atoms with Crippen LogP contribution in [-0.4, -0.2) is 10.9 Å². The van der Waals surface area contributed by atoms with Crippen molar-refractivity contribution in [2.75, 3.05) is 0 Å². The van der Waals surface area contributed by atoms with Gasteiger partial charge in [0.15, 0.2) is 11.6 Å². The fourth-order valence-electron chi connectivity index (χ4n) is 2.48. The lowest BCUT2D eigenvalue weighted by atomic mass is 10.1. The van der Waals surface area contributed by atoms with Crippen molar-refractivity contribution >= 4 is 12.0 Å². The molecule has 0 unspecified atom stereocenters. The Morgan fingerprint density at radius 2 is 2.07 bits per heavy atom. The van der Waals surface area contributed by atoms with Crippen molar-refractivity contribution in [2.45, 2.75) is 13.5 Å². The number of pyridine rings is 1. The number of benzene rings is 2. The van der Waals surface area contributed by atoms with E-state index in [-0.39, 0.29) is 11.7 Å². The predicted octanol–water partition coefficient (Wildman–Crippen LogP) is 4.65. The summed E-state index contributed by atoms with van der Waals surface area (Å²) in [6, 6.07) is 15.8. The molecule has 3 aromatic rings. The summed E-state index contributed by atoms with van der Waals surface area (Å²) in [6.07, 6.45) is 6.06. The zero-order valence-corrected chi connectivity index (χ0v) is 14.9. The van der Waals surface area contributed by atoms with Gasteiger partial charge in [0.25, 0.3) is 0 Å². The van der Waals surface area contributed by atoms with Crippen LogP contribution in [0.2, 0.25) is 0 Å². The second-order valence-corrected chi connectivity index (χ2v) is 6.02. The quantitative estimate of drug-likeness (QED) is 0.650. The average Bonchev–Trinajstić information content (AvgIpc) is 2.67. The van der Waals surface area contributed by atoms with Crippen molar-refractivity contribution in [2.24, 2.45) is 0 Å². The number of hydrogen-bond acceptors (Lipinski definition) is 3. The molecule has 2 aromatic carbocycles. The molecule has 0 atom stereocenters. The Bertz CT molecular complexity index is 956. The minimum atomic E-state index is -0.513. The third-order valence-corrected chi connectivity index (χ3v) is 3.79. The number of rotatable bonds is 6. The Morgan fingerprint density at radius 3 is 2.81 bits per heavy atom. The van der Waals surface area contributed by atoms with Crippen LogP contribution in [0, 0.1) is 12.7 Å². The van der Waals surface area contributed by atoms with E-state index < -0.39 is 5.82 Å². The Kier molecular flexibility index (Phi) is 5.94. The van der Waals surface area contributed by atoms with Gasteiger partial charge in [-0.3, -0.25) is 9.78 Å². The standard InChI is InChI=1S/C22H19FN2O2/c1-16-4-2-5-18(12-16)14-25-22(26)10-8-17-7-9-21(20(23)13-17)27-19-6-3-11-24-15-19/h2-13,15H,14H2,1H3,(H,25,26)/b10-8+. The third kappa shape index (κ3) is 5.51. The Balaban J connectivity index is 1.58. The number of aryl methyl sites for hydroxylation is 1. The van der Waals surface area contributed by atoms with E-state index in [9.17, 15) is 9.18 Å². The second-order valence-electron chi connectivity index (χ2n) is 6.02. The number of aromatic nitrogens is 1. The van der Waals surface area contributed by atoms with E-state index in [0.29, 0.717) is 17.9 Å².